The van der Waals surface area contributed by atoms with E-state index in [9.17, 15) is 9.59 Å². The first-order valence-electron chi connectivity index (χ1n) is 7.68. The van der Waals surface area contributed by atoms with Crippen molar-refractivity contribution in [3.63, 3.8) is 0 Å². The zero-order valence-electron chi connectivity index (χ0n) is 13.3. The summed E-state index contributed by atoms with van der Waals surface area (Å²) in [6.45, 7) is 0.326. The third-order valence-corrected chi connectivity index (χ3v) is 4.10. The zero-order chi connectivity index (χ0) is 17.5. The number of rotatable bonds is 6. The molecule has 7 heteroatoms. The van der Waals surface area contributed by atoms with Crippen LogP contribution in [0.15, 0.2) is 60.1 Å². The van der Waals surface area contributed by atoms with E-state index in [0.29, 0.717) is 11.7 Å². The summed E-state index contributed by atoms with van der Waals surface area (Å²) in [5.74, 6) is -0.466. The van der Waals surface area contributed by atoms with Crippen LogP contribution in [0.1, 0.15) is 21.7 Å². The summed E-state index contributed by atoms with van der Waals surface area (Å²) < 4.78 is 0. The van der Waals surface area contributed by atoms with Crippen LogP contribution in [0, 0.1) is 0 Å². The highest BCUT2D eigenvalue weighted by molar-refractivity contribution is 7.14. The Morgan fingerprint density at radius 3 is 2.60 bits per heavy atom. The molecule has 0 unspecified atom stereocenters. The van der Waals surface area contributed by atoms with Gasteiger partial charge < -0.3 is 10.6 Å². The summed E-state index contributed by atoms with van der Waals surface area (Å²) in [4.78, 5) is 32.4. The second kappa shape index (κ2) is 8.16. The van der Waals surface area contributed by atoms with E-state index in [1.54, 1.807) is 11.6 Å². The Bertz CT molecular complexity index is 850. The van der Waals surface area contributed by atoms with Crippen molar-refractivity contribution in [1.29, 1.82) is 0 Å². The van der Waals surface area contributed by atoms with Gasteiger partial charge in [0, 0.05) is 11.6 Å². The Morgan fingerprint density at radius 1 is 1.04 bits per heavy atom. The van der Waals surface area contributed by atoms with E-state index in [4.69, 9.17) is 0 Å². The highest BCUT2D eigenvalue weighted by atomic mass is 32.1. The largest absolute Gasteiger partial charge is 0.345 e. The fourth-order valence-corrected chi connectivity index (χ4v) is 2.85. The highest BCUT2D eigenvalue weighted by Crippen LogP contribution is 2.16. The smallest absolute Gasteiger partial charge is 0.271 e. The van der Waals surface area contributed by atoms with E-state index in [-0.39, 0.29) is 23.9 Å². The van der Waals surface area contributed by atoms with Gasteiger partial charge in [-0.3, -0.25) is 14.6 Å². The summed E-state index contributed by atoms with van der Waals surface area (Å²) in [6, 6.07) is 14.9. The molecular formula is C18H16N4O2S. The fraction of sp³-hybridized carbons (Fsp3) is 0.111. The minimum Gasteiger partial charge on any atom is -0.345 e. The molecule has 0 aliphatic heterocycles. The Hall–Kier alpha value is -3.06. The molecule has 126 valence electrons. The van der Waals surface area contributed by atoms with Gasteiger partial charge in [-0.05, 0) is 17.7 Å². The van der Waals surface area contributed by atoms with Gasteiger partial charge in [-0.2, -0.15) is 0 Å². The van der Waals surface area contributed by atoms with Crippen LogP contribution in [-0.2, 0) is 17.8 Å². The van der Waals surface area contributed by atoms with Crippen LogP contribution in [0.25, 0.3) is 0 Å². The summed E-state index contributed by atoms with van der Waals surface area (Å²) in [6.07, 6.45) is 1.94. The van der Waals surface area contributed by atoms with E-state index < -0.39 is 0 Å². The van der Waals surface area contributed by atoms with Crippen LogP contribution in [0.3, 0.4) is 0 Å². The number of hydrogen-bond donors (Lipinski definition) is 2. The normalized spacial score (nSPS) is 10.2. The predicted molar refractivity (Wildman–Crippen MR) is 96.3 cm³/mol. The Balaban J connectivity index is 1.53. The topological polar surface area (TPSA) is 84.0 Å². The first kappa shape index (κ1) is 16.8. The number of anilines is 1. The van der Waals surface area contributed by atoms with E-state index in [1.807, 2.05) is 48.5 Å². The lowest BCUT2D eigenvalue weighted by Crippen LogP contribution is -2.23. The average Bonchev–Trinajstić information content (AvgIpc) is 3.10. The number of aromatic nitrogens is 2. The second-order valence-corrected chi connectivity index (χ2v) is 6.11. The lowest BCUT2D eigenvalue weighted by Gasteiger charge is -2.03. The molecule has 0 bridgehead atoms. The van der Waals surface area contributed by atoms with Gasteiger partial charge in [-0.25, -0.2) is 4.98 Å². The maximum atomic E-state index is 12.1. The van der Waals surface area contributed by atoms with Crippen LogP contribution in [0.2, 0.25) is 0 Å². The standard InChI is InChI=1S/C18H16N4O2S/c23-16(10-13-6-2-1-3-7-13)22-18-21-15(12-25-18)17(24)20-11-14-8-4-5-9-19-14/h1-9,12H,10-11H2,(H,20,24)(H,21,22,23). The van der Waals surface area contributed by atoms with Crippen molar-refractivity contribution in [2.75, 3.05) is 5.32 Å². The molecule has 2 aromatic heterocycles. The number of amides is 2. The van der Waals surface area contributed by atoms with Gasteiger partial charge in [0.05, 0.1) is 18.7 Å². The van der Waals surface area contributed by atoms with E-state index >= 15 is 0 Å². The van der Waals surface area contributed by atoms with E-state index in [2.05, 4.69) is 20.6 Å². The summed E-state index contributed by atoms with van der Waals surface area (Å²) in [7, 11) is 0. The number of carbonyl (C=O) groups excluding carboxylic acids is 2. The molecule has 0 spiro atoms. The predicted octanol–water partition coefficient (Wildman–Crippen LogP) is 2.65. The molecular weight excluding hydrogens is 336 g/mol. The second-order valence-electron chi connectivity index (χ2n) is 5.25. The number of nitrogens with zero attached hydrogens (tertiary/aromatic N) is 2. The molecule has 0 aliphatic carbocycles. The van der Waals surface area contributed by atoms with Crippen molar-refractivity contribution in [1.82, 2.24) is 15.3 Å². The zero-order valence-corrected chi connectivity index (χ0v) is 14.1. The van der Waals surface area contributed by atoms with Gasteiger partial charge >= 0.3 is 0 Å². The number of thiazole rings is 1. The molecule has 0 saturated heterocycles. The van der Waals surface area contributed by atoms with Gasteiger partial charge in [0.15, 0.2) is 5.13 Å². The molecule has 0 fully saturated rings. The fourth-order valence-electron chi connectivity index (χ4n) is 2.14. The molecule has 0 radical (unpaired) electrons. The van der Waals surface area contributed by atoms with Crippen LogP contribution in [-0.4, -0.2) is 21.8 Å². The molecule has 0 saturated carbocycles. The van der Waals surface area contributed by atoms with Crippen LogP contribution in [0.5, 0.6) is 0 Å². The summed E-state index contributed by atoms with van der Waals surface area (Å²) >= 11 is 1.22. The van der Waals surface area contributed by atoms with Gasteiger partial charge in [-0.1, -0.05) is 36.4 Å². The molecule has 1 aromatic carbocycles. The molecule has 2 N–H and O–H groups in total. The lowest BCUT2D eigenvalue weighted by molar-refractivity contribution is -0.115. The van der Waals surface area contributed by atoms with Crippen LogP contribution >= 0.6 is 11.3 Å². The Morgan fingerprint density at radius 2 is 1.84 bits per heavy atom. The van der Waals surface area contributed by atoms with Crippen LogP contribution < -0.4 is 10.6 Å². The Labute approximate surface area is 149 Å². The average molecular weight is 352 g/mol. The van der Waals surface area contributed by atoms with Crippen molar-refractivity contribution >= 4 is 28.3 Å². The molecule has 25 heavy (non-hydrogen) atoms. The number of nitrogens with one attached hydrogen (secondary N) is 2. The van der Waals surface area contributed by atoms with Gasteiger partial charge in [0.1, 0.15) is 5.69 Å². The summed E-state index contributed by atoms with van der Waals surface area (Å²) in [5.41, 5.74) is 1.96. The maximum Gasteiger partial charge on any atom is 0.271 e. The quantitative estimate of drug-likeness (QED) is 0.714. The molecule has 0 aliphatic rings. The van der Waals surface area contributed by atoms with Gasteiger partial charge in [0.2, 0.25) is 5.91 Å². The van der Waals surface area contributed by atoms with Gasteiger partial charge in [0.25, 0.3) is 5.91 Å². The van der Waals surface area contributed by atoms with Crippen molar-refractivity contribution < 1.29 is 9.59 Å². The minimum atomic E-state index is -0.300. The SMILES string of the molecule is O=C(Cc1ccccc1)Nc1nc(C(=O)NCc2ccccn2)cs1. The van der Waals surface area contributed by atoms with E-state index in [0.717, 1.165) is 11.3 Å². The molecule has 2 heterocycles. The number of benzene rings is 1. The molecule has 3 aromatic rings. The van der Waals surface area contributed by atoms with E-state index in [1.165, 1.54) is 11.3 Å². The number of carbonyl (C=O) groups is 2. The third-order valence-electron chi connectivity index (χ3n) is 3.35. The van der Waals surface area contributed by atoms with Gasteiger partial charge in [-0.15, -0.1) is 11.3 Å². The first-order chi connectivity index (χ1) is 12.2. The molecule has 6 nitrogen and oxygen atoms in total. The van der Waals surface area contributed by atoms with Crippen molar-refractivity contribution in [2.24, 2.45) is 0 Å². The maximum absolute atomic E-state index is 12.1. The van der Waals surface area contributed by atoms with Crippen molar-refractivity contribution in [3.8, 4) is 0 Å². The molecule has 2 amide bonds. The van der Waals surface area contributed by atoms with Crippen molar-refractivity contribution in [2.45, 2.75) is 13.0 Å². The molecule has 0 atom stereocenters. The lowest BCUT2D eigenvalue weighted by atomic mass is 10.1. The molecule has 3 rings (SSSR count). The minimum absolute atomic E-state index is 0.166. The monoisotopic (exact) mass is 352 g/mol. The summed E-state index contributed by atoms with van der Waals surface area (Å²) in [5, 5.41) is 7.49. The number of hydrogen-bond acceptors (Lipinski definition) is 5. The van der Waals surface area contributed by atoms with Crippen molar-refractivity contribution in [3.05, 3.63) is 77.1 Å². The third kappa shape index (κ3) is 4.95. The Kier molecular flexibility index (Phi) is 5.48. The highest BCUT2D eigenvalue weighted by Gasteiger charge is 2.12. The van der Waals surface area contributed by atoms with Crippen LogP contribution in [0.4, 0.5) is 5.13 Å². The first-order valence-corrected chi connectivity index (χ1v) is 8.56. The number of pyridine rings is 1.